The number of Topliss-reactive ketones (excluding diaryl/α,β-unsaturated/α-hetero) is 1. The third-order valence-corrected chi connectivity index (χ3v) is 6.54. The van der Waals surface area contributed by atoms with Gasteiger partial charge in [0, 0.05) is 22.2 Å². The maximum absolute atomic E-state index is 12.8. The first kappa shape index (κ1) is 17.8. The molecule has 142 valence electrons. The average Bonchev–Trinajstić information content (AvgIpc) is 3.44. The van der Waals surface area contributed by atoms with Crippen molar-refractivity contribution in [2.45, 2.75) is 6.42 Å². The molecular weight excluding hydrogens is 406 g/mol. The molecule has 5 nitrogen and oxygen atoms in total. The van der Waals surface area contributed by atoms with E-state index in [1.165, 1.54) is 22.7 Å². The van der Waals surface area contributed by atoms with E-state index in [4.69, 9.17) is 4.42 Å². The van der Waals surface area contributed by atoms with Gasteiger partial charge in [-0.05, 0) is 35.2 Å². The van der Waals surface area contributed by atoms with Crippen molar-refractivity contribution in [1.29, 1.82) is 0 Å². The second-order valence-electron chi connectivity index (χ2n) is 6.54. The molecule has 0 saturated carbocycles. The molecule has 0 bridgehead atoms. The first-order valence-electron chi connectivity index (χ1n) is 8.79. The molecule has 0 radical (unpaired) electrons. The van der Waals surface area contributed by atoms with E-state index in [1.807, 2.05) is 36.4 Å². The zero-order valence-electron chi connectivity index (χ0n) is 14.9. The molecule has 0 aliphatic heterocycles. The van der Waals surface area contributed by atoms with Gasteiger partial charge in [0.25, 0.3) is 0 Å². The van der Waals surface area contributed by atoms with E-state index in [-0.39, 0.29) is 23.5 Å². The van der Waals surface area contributed by atoms with E-state index in [0.717, 1.165) is 21.2 Å². The van der Waals surface area contributed by atoms with Crippen molar-refractivity contribution in [3.05, 3.63) is 75.6 Å². The molecule has 3 heterocycles. The van der Waals surface area contributed by atoms with Crippen LogP contribution < -0.4 is 0 Å². The number of hydrogen-bond acceptors (Lipinski definition) is 6. The number of aromatic nitrogens is 1. The van der Waals surface area contributed by atoms with Crippen molar-refractivity contribution in [3.8, 4) is 11.1 Å². The SMILES string of the molecule is O=C(Cc1scc(-c2ccc3scnc3c2)c1C(=O)O)c1cc2ccccc2o1. The summed E-state index contributed by atoms with van der Waals surface area (Å²) in [6, 6.07) is 14.8. The summed E-state index contributed by atoms with van der Waals surface area (Å²) in [5.74, 6) is -1.06. The number of para-hydroxylation sites is 1. The molecule has 0 saturated heterocycles. The molecule has 0 aliphatic rings. The Morgan fingerprint density at radius 1 is 1.07 bits per heavy atom. The number of fused-ring (bicyclic) bond motifs is 2. The topological polar surface area (TPSA) is 80.4 Å². The first-order valence-corrected chi connectivity index (χ1v) is 10.5. The van der Waals surface area contributed by atoms with Gasteiger partial charge in [-0.25, -0.2) is 9.78 Å². The molecule has 2 aromatic carbocycles. The lowest BCUT2D eigenvalue weighted by molar-refractivity contribution is 0.0697. The zero-order valence-corrected chi connectivity index (χ0v) is 16.5. The lowest BCUT2D eigenvalue weighted by atomic mass is 10.0. The molecule has 5 aromatic rings. The minimum Gasteiger partial charge on any atom is -0.478 e. The predicted octanol–water partition coefficient (Wildman–Crippen LogP) is 5.89. The number of thiazole rings is 1. The number of carboxylic acids is 1. The number of ketones is 1. The number of nitrogens with zero attached hydrogens (tertiary/aromatic N) is 1. The Morgan fingerprint density at radius 3 is 2.76 bits per heavy atom. The fraction of sp³-hybridized carbons (Fsp3) is 0.0455. The molecule has 0 spiro atoms. The van der Waals surface area contributed by atoms with Crippen molar-refractivity contribution in [2.75, 3.05) is 0 Å². The molecule has 0 aliphatic carbocycles. The van der Waals surface area contributed by atoms with Crippen LogP contribution in [0.3, 0.4) is 0 Å². The molecule has 1 N–H and O–H groups in total. The number of hydrogen-bond donors (Lipinski definition) is 1. The van der Waals surface area contributed by atoms with Crippen LogP contribution in [0, 0.1) is 0 Å². The second kappa shape index (κ2) is 6.95. The maximum atomic E-state index is 12.8. The summed E-state index contributed by atoms with van der Waals surface area (Å²) in [7, 11) is 0. The van der Waals surface area contributed by atoms with Gasteiger partial charge in [-0.3, -0.25) is 4.79 Å². The van der Waals surface area contributed by atoms with Gasteiger partial charge in [-0.2, -0.15) is 0 Å². The summed E-state index contributed by atoms with van der Waals surface area (Å²) in [5.41, 5.74) is 4.77. The van der Waals surface area contributed by atoms with Crippen molar-refractivity contribution in [2.24, 2.45) is 0 Å². The Labute approximate surface area is 172 Å². The lowest BCUT2D eigenvalue weighted by Crippen LogP contribution is -2.06. The van der Waals surface area contributed by atoms with Crippen LogP contribution in [0.2, 0.25) is 0 Å². The number of benzene rings is 2. The average molecular weight is 419 g/mol. The number of carbonyl (C=O) groups excluding carboxylic acids is 1. The van der Waals surface area contributed by atoms with Gasteiger partial charge in [0.2, 0.25) is 5.78 Å². The minimum absolute atomic E-state index is 0.0228. The third-order valence-electron chi connectivity index (χ3n) is 4.74. The Bertz CT molecular complexity index is 1360. The monoisotopic (exact) mass is 419 g/mol. The molecule has 5 rings (SSSR count). The highest BCUT2D eigenvalue weighted by Crippen LogP contribution is 2.35. The number of thiophene rings is 1. The molecule has 29 heavy (non-hydrogen) atoms. The Balaban J connectivity index is 1.51. The lowest BCUT2D eigenvalue weighted by Gasteiger charge is -2.03. The number of rotatable bonds is 5. The predicted molar refractivity (Wildman–Crippen MR) is 114 cm³/mol. The second-order valence-corrected chi connectivity index (χ2v) is 8.39. The fourth-order valence-corrected chi connectivity index (χ4v) is 5.06. The van der Waals surface area contributed by atoms with Crippen LogP contribution in [-0.2, 0) is 6.42 Å². The summed E-state index contributed by atoms with van der Waals surface area (Å²) in [6.07, 6.45) is -0.0228. The van der Waals surface area contributed by atoms with Crippen LogP contribution in [0.5, 0.6) is 0 Å². The van der Waals surface area contributed by atoms with Crippen LogP contribution in [0.15, 0.2) is 63.8 Å². The summed E-state index contributed by atoms with van der Waals surface area (Å²) < 4.78 is 6.68. The van der Waals surface area contributed by atoms with Crippen LogP contribution in [-0.4, -0.2) is 21.8 Å². The molecule has 0 fully saturated rings. The van der Waals surface area contributed by atoms with Crippen molar-refractivity contribution < 1.29 is 19.1 Å². The normalized spacial score (nSPS) is 11.3. The number of carboxylic acid groups (broad SMARTS) is 1. The van der Waals surface area contributed by atoms with E-state index in [9.17, 15) is 14.7 Å². The largest absolute Gasteiger partial charge is 0.478 e. The quantitative estimate of drug-likeness (QED) is 0.359. The third kappa shape index (κ3) is 3.14. The Kier molecular flexibility index (Phi) is 4.26. The van der Waals surface area contributed by atoms with Gasteiger partial charge in [0.1, 0.15) is 5.58 Å². The van der Waals surface area contributed by atoms with E-state index in [1.54, 1.807) is 23.0 Å². The fourth-order valence-electron chi connectivity index (χ4n) is 3.35. The molecule has 0 unspecified atom stereocenters. The smallest absolute Gasteiger partial charge is 0.337 e. The minimum atomic E-state index is -1.05. The van der Waals surface area contributed by atoms with Gasteiger partial charge >= 0.3 is 5.97 Å². The van der Waals surface area contributed by atoms with E-state index in [0.29, 0.717) is 16.0 Å². The molecular formula is C22H13NO4S2. The summed E-state index contributed by atoms with van der Waals surface area (Å²) >= 11 is 2.81. The first-order chi connectivity index (χ1) is 14.1. The van der Waals surface area contributed by atoms with Crippen molar-refractivity contribution in [3.63, 3.8) is 0 Å². The van der Waals surface area contributed by atoms with Gasteiger partial charge in [0.15, 0.2) is 5.76 Å². The molecule has 7 heteroatoms. The van der Waals surface area contributed by atoms with E-state index < -0.39 is 5.97 Å². The Hall–Kier alpha value is -3.29. The summed E-state index contributed by atoms with van der Waals surface area (Å²) in [5, 5.41) is 12.5. The van der Waals surface area contributed by atoms with Crippen molar-refractivity contribution in [1.82, 2.24) is 4.98 Å². The van der Waals surface area contributed by atoms with Crippen molar-refractivity contribution >= 4 is 55.6 Å². The van der Waals surface area contributed by atoms with Crippen LogP contribution in [0.1, 0.15) is 25.8 Å². The standard InChI is InChI=1S/C22H13NO4S2/c24-16(18-8-13-3-1-2-4-17(13)27-18)9-20-21(22(25)26)14(10-28-20)12-5-6-19-15(7-12)23-11-29-19/h1-8,10-11H,9H2,(H,25,26). The molecule has 0 atom stereocenters. The molecule has 0 amide bonds. The highest BCUT2D eigenvalue weighted by atomic mass is 32.1. The number of carbonyl (C=O) groups is 2. The zero-order chi connectivity index (χ0) is 20.0. The van der Waals surface area contributed by atoms with E-state index >= 15 is 0 Å². The highest BCUT2D eigenvalue weighted by molar-refractivity contribution is 7.16. The highest BCUT2D eigenvalue weighted by Gasteiger charge is 2.23. The van der Waals surface area contributed by atoms with Crippen LogP contribution in [0.25, 0.3) is 32.3 Å². The molecule has 3 aromatic heterocycles. The van der Waals surface area contributed by atoms with E-state index in [2.05, 4.69) is 4.98 Å². The maximum Gasteiger partial charge on any atom is 0.337 e. The van der Waals surface area contributed by atoms with Gasteiger partial charge in [-0.15, -0.1) is 22.7 Å². The van der Waals surface area contributed by atoms with Gasteiger partial charge < -0.3 is 9.52 Å². The Morgan fingerprint density at radius 2 is 1.93 bits per heavy atom. The van der Waals surface area contributed by atoms with Crippen LogP contribution in [0.4, 0.5) is 0 Å². The number of aromatic carboxylic acids is 1. The summed E-state index contributed by atoms with van der Waals surface area (Å²) in [6.45, 7) is 0. The summed E-state index contributed by atoms with van der Waals surface area (Å²) in [4.78, 5) is 29.6. The van der Waals surface area contributed by atoms with Gasteiger partial charge in [-0.1, -0.05) is 24.3 Å². The number of furan rings is 1. The van der Waals surface area contributed by atoms with Crippen LogP contribution >= 0.6 is 22.7 Å². The van der Waals surface area contributed by atoms with Gasteiger partial charge in [0.05, 0.1) is 21.3 Å².